The molecule has 0 rings (SSSR count). The van der Waals surface area contributed by atoms with Crippen LogP contribution < -0.4 is 0 Å². The molecule has 0 aromatic heterocycles. The molecule has 0 aromatic rings. The van der Waals surface area contributed by atoms with Gasteiger partial charge in [-0.3, -0.25) is 4.57 Å². The van der Waals surface area contributed by atoms with Gasteiger partial charge < -0.3 is 9.05 Å². The average Bonchev–Trinajstić information content (AvgIpc) is 2.13. The van der Waals surface area contributed by atoms with Crippen LogP contribution in [-0.2, 0) is 13.6 Å². The minimum absolute atomic E-state index is 0.00138. The predicted octanol–water partition coefficient (Wildman–Crippen LogP) is 4.59. The van der Waals surface area contributed by atoms with Gasteiger partial charge >= 0.3 is 7.60 Å². The lowest BCUT2D eigenvalue weighted by Gasteiger charge is -2.24. The van der Waals surface area contributed by atoms with Gasteiger partial charge in [0.15, 0.2) is 0 Å². The Kier molecular flexibility index (Phi) is 6.54. The first-order chi connectivity index (χ1) is 7.29. The maximum absolute atomic E-state index is 12.3. The van der Waals surface area contributed by atoms with Crippen molar-refractivity contribution in [1.29, 1.82) is 0 Å². The van der Waals surface area contributed by atoms with Gasteiger partial charge in [0, 0.05) is 5.82 Å². The fourth-order valence-corrected chi connectivity index (χ4v) is 3.37. The summed E-state index contributed by atoms with van der Waals surface area (Å²) < 4.78 is 22.8. The molecule has 96 valence electrons. The minimum Gasteiger partial charge on any atom is -0.306 e. The van der Waals surface area contributed by atoms with Gasteiger partial charge in [-0.05, 0) is 25.7 Å². The van der Waals surface area contributed by atoms with E-state index in [1.54, 1.807) is 5.82 Å². The molecule has 0 saturated carbocycles. The molecule has 0 atom stereocenters. The van der Waals surface area contributed by atoms with E-state index in [9.17, 15) is 4.57 Å². The van der Waals surface area contributed by atoms with E-state index >= 15 is 0 Å². The Hall–Kier alpha value is -0.110. The first-order valence-electron chi connectivity index (χ1n) is 5.90. The largest absolute Gasteiger partial charge is 0.354 e. The normalized spacial score (nSPS) is 14.2. The molecule has 0 aromatic carbocycles. The molecule has 0 heterocycles. The lowest BCUT2D eigenvalue weighted by Crippen LogP contribution is -2.09. The molecule has 4 heteroatoms. The Morgan fingerprint density at radius 1 is 1.12 bits per heavy atom. The molecule has 0 amide bonds. The van der Waals surface area contributed by atoms with Crippen LogP contribution in [0.5, 0.6) is 0 Å². The summed E-state index contributed by atoms with van der Waals surface area (Å²) >= 11 is 0. The van der Waals surface area contributed by atoms with E-state index in [0.717, 1.165) is 12.0 Å². The molecule has 0 fully saturated rings. The summed E-state index contributed by atoms with van der Waals surface area (Å²) in [5.41, 5.74) is 1.11. The van der Waals surface area contributed by atoms with Gasteiger partial charge in [0.25, 0.3) is 0 Å². The molecular formula is C12H25O3P. The standard InChI is InChI=1S/C12H25O3P/c1-7-11(12(4,5)6)10-16(13,14-8-2)15-9-3/h10H,7-9H2,1-6H3/b11-10+. The molecule has 16 heavy (non-hydrogen) atoms. The van der Waals surface area contributed by atoms with Crippen molar-refractivity contribution in [2.24, 2.45) is 5.41 Å². The number of rotatable bonds is 6. The summed E-state index contributed by atoms with van der Waals surface area (Å²) in [7, 11) is -3.05. The van der Waals surface area contributed by atoms with E-state index in [2.05, 4.69) is 27.7 Å². The van der Waals surface area contributed by atoms with Crippen LogP contribution in [0.15, 0.2) is 11.4 Å². The van der Waals surface area contributed by atoms with Crippen LogP contribution in [0.3, 0.4) is 0 Å². The van der Waals surface area contributed by atoms with Crippen molar-refractivity contribution in [2.75, 3.05) is 13.2 Å². The van der Waals surface area contributed by atoms with E-state index in [1.807, 2.05) is 13.8 Å². The van der Waals surface area contributed by atoms with Crippen molar-refractivity contribution < 1.29 is 13.6 Å². The molecule has 0 N–H and O–H groups in total. The highest BCUT2D eigenvalue weighted by Gasteiger charge is 2.25. The second-order valence-corrected chi connectivity index (χ2v) is 6.49. The molecule has 0 spiro atoms. The lowest BCUT2D eigenvalue weighted by atomic mass is 9.86. The average molecular weight is 248 g/mol. The zero-order valence-corrected chi connectivity index (χ0v) is 12.3. The van der Waals surface area contributed by atoms with Crippen molar-refractivity contribution in [3.8, 4) is 0 Å². The lowest BCUT2D eigenvalue weighted by molar-refractivity contribution is 0.228. The van der Waals surface area contributed by atoms with Crippen LogP contribution in [-0.4, -0.2) is 13.2 Å². The van der Waals surface area contributed by atoms with Gasteiger partial charge in [-0.1, -0.05) is 33.3 Å². The molecule has 0 unspecified atom stereocenters. The van der Waals surface area contributed by atoms with Crippen molar-refractivity contribution in [2.45, 2.75) is 48.0 Å². The van der Waals surface area contributed by atoms with E-state index in [-0.39, 0.29) is 5.41 Å². The third-order valence-corrected chi connectivity index (χ3v) is 4.14. The second kappa shape index (κ2) is 6.58. The van der Waals surface area contributed by atoms with Crippen molar-refractivity contribution in [3.63, 3.8) is 0 Å². The smallest absolute Gasteiger partial charge is 0.306 e. The van der Waals surface area contributed by atoms with Crippen LogP contribution in [0.2, 0.25) is 0 Å². The number of hydrogen-bond donors (Lipinski definition) is 0. The highest BCUT2D eigenvalue weighted by molar-refractivity contribution is 7.57. The van der Waals surface area contributed by atoms with Crippen LogP contribution in [0.25, 0.3) is 0 Å². The first kappa shape index (κ1) is 15.9. The monoisotopic (exact) mass is 248 g/mol. The molecule has 3 nitrogen and oxygen atoms in total. The van der Waals surface area contributed by atoms with Crippen LogP contribution in [0.4, 0.5) is 0 Å². The zero-order chi connectivity index (χ0) is 12.8. The summed E-state index contributed by atoms with van der Waals surface area (Å²) in [5.74, 6) is 1.69. The maximum atomic E-state index is 12.3. The van der Waals surface area contributed by atoms with Crippen molar-refractivity contribution in [3.05, 3.63) is 11.4 Å². The highest BCUT2D eigenvalue weighted by Crippen LogP contribution is 2.52. The molecule has 0 aliphatic carbocycles. The number of hydrogen-bond acceptors (Lipinski definition) is 3. The van der Waals surface area contributed by atoms with E-state index < -0.39 is 7.60 Å². The Balaban J connectivity index is 5.08. The SMILES string of the molecule is CCOP(=O)(/C=C(\CC)C(C)(C)C)OCC. The Morgan fingerprint density at radius 3 is 1.81 bits per heavy atom. The van der Waals surface area contributed by atoms with Gasteiger partial charge in [-0.2, -0.15) is 0 Å². The molecular weight excluding hydrogens is 223 g/mol. The van der Waals surface area contributed by atoms with Crippen molar-refractivity contribution >= 4 is 7.60 Å². The minimum atomic E-state index is -3.05. The van der Waals surface area contributed by atoms with Crippen LogP contribution >= 0.6 is 7.60 Å². The third kappa shape index (κ3) is 5.29. The molecule has 0 aliphatic rings. The summed E-state index contributed by atoms with van der Waals surface area (Å²) in [4.78, 5) is 0. The third-order valence-electron chi connectivity index (χ3n) is 2.28. The number of allylic oxidation sites excluding steroid dienone is 1. The topological polar surface area (TPSA) is 35.5 Å². The van der Waals surface area contributed by atoms with Crippen LogP contribution in [0.1, 0.15) is 48.0 Å². The summed E-state index contributed by atoms with van der Waals surface area (Å²) in [6.45, 7) is 12.8. The predicted molar refractivity (Wildman–Crippen MR) is 68.7 cm³/mol. The molecule has 0 radical (unpaired) electrons. The van der Waals surface area contributed by atoms with Gasteiger partial charge in [0.2, 0.25) is 0 Å². The fourth-order valence-electron chi connectivity index (χ4n) is 1.48. The quantitative estimate of drug-likeness (QED) is 0.645. The van der Waals surface area contributed by atoms with E-state index in [0.29, 0.717) is 13.2 Å². The summed E-state index contributed by atoms with van der Waals surface area (Å²) in [5, 5.41) is 0. The van der Waals surface area contributed by atoms with Gasteiger partial charge in [-0.25, -0.2) is 0 Å². The maximum Gasteiger partial charge on any atom is 0.354 e. The molecule has 0 saturated heterocycles. The van der Waals surface area contributed by atoms with Crippen LogP contribution in [0, 0.1) is 5.41 Å². The Morgan fingerprint density at radius 2 is 1.56 bits per heavy atom. The molecule has 0 bridgehead atoms. The first-order valence-corrected chi connectivity index (χ1v) is 7.51. The van der Waals surface area contributed by atoms with E-state index in [1.165, 1.54) is 0 Å². The van der Waals surface area contributed by atoms with Gasteiger partial charge in [-0.15, -0.1) is 0 Å². The van der Waals surface area contributed by atoms with Gasteiger partial charge in [0.1, 0.15) is 0 Å². The van der Waals surface area contributed by atoms with Gasteiger partial charge in [0.05, 0.1) is 13.2 Å². The molecule has 0 aliphatic heterocycles. The van der Waals surface area contributed by atoms with E-state index in [4.69, 9.17) is 9.05 Å². The zero-order valence-electron chi connectivity index (χ0n) is 11.4. The second-order valence-electron chi connectivity index (χ2n) is 4.63. The Bertz CT molecular complexity index is 266. The Labute approximate surface area is 99.8 Å². The fraction of sp³-hybridized carbons (Fsp3) is 0.833. The highest BCUT2D eigenvalue weighted by atomic mass is 31.2. The van der Waals surface area contributed by atoms with Crippen molar-refractivity contribution in [1.82, 2.24) is 0 Å². The summed E-state index contributed by atoms with van der Waals surface area (Å²) in [6.07, 6.45) is 0.855. The summed E-state index contributed by atoms with van der Waals surface area (Å²) in [6, 6.07) is 0.